The van der Waals surface area contributed by atoms with Crippen molar-refractivity contribution in [2.75, 3.05) is 71.2 Å². The summed E-state index contributed by atoms with van der Waals surface area (Å²) in [6.07, 6.45) is 3.55. The minimum atomic E-state index is -2.33. The normalized spacial score (nSPS) is 19.3. The topological polar surface area (TPSA) is 106 Å². The van der Waals surface area contributed by atoms with Gasteiger partial charge < -0.3 is 28.7 Å². The van der Waals surface area contributed by atoms with E-state index in [1.807, 2.05) is 25.7 Å². The summed E-state index contributed by atoms with van der Waals surface area (Å²) >= 11 is 0. The van der Waals surface area contributed by atoms with Crippen molar-refractivity contribution in [1.82, 2.24) is 29.7 Å². The van der Waals surface area contributed by atoms with Crippen LogP contribution in [0.2, 0.25) is 16.6 Å². The molecule has 3 aliphatic heterocycles. The zero-order valence-electron chi connectivity index (χ0n) is 45.3. The van der Waals surface area contributed by atoms with Gasteiger partial charge in [0.2, 0.25) is 0 Å². The zero-order chi connectivity index (χ0) is 52.4. The van der Waals surface area contributed by atoms with Gasteiger partial charge in [-0.15, -0.1) is 5.54 Å². The van der Waals surface area contributed by atoms with Crippen molar-refractivity contribution < 1.29 is 32.5 Å². The summed E-state index contributed by atoms with van der Waals surface area (Å²) in [4.78, 5) is 37.7. The van der Waals surface area contributed by atoms with Crippen LogP contribution in [0.1, 0.15) is 107 Å². The molecule has 0 N–H and O–H groups in total. The standard InChI is InChI=1S/C58H77F2N7O5Si/c1-13-58-23-21-44(67(58)56(68)72-57(9,10)11)34-66(36-58)54-48-31-61-52(51(60)53(48)62-55(63-54)70-35-41(8)32-64-24-26-65(27-25-64)33-42-17-15-14-16-18-42)47-30-45(71-37-69-12)29-43-19-20-49(59)46(50(43)47)22-28-73(38(2)3,39(4)5)40(6)7/h14-20,29-31,38-41,44H,13,21,23-27,32-37H2,1-12H3/t41-,44?,58?/m1/s1. The van der Waals surface area contributed by atoms with E-state index in [1.54, 1.807) is 24.4 Å². The second kappa shape index (κ2) is 22.2. The maximum atomic E-state index is 18.1. The Morgan fingerprint density at radius 3 is 2.27 bits per heavy atom. The maximum Gasteiger partial charge on any atom is 0.411 e. The summed E-state index contributed by atoms with van der Waals surface area (Å²) in [5, 5.41) is 1.45. The lowest BCUT2D eigenvalue weighted by atomic mass is 9.91. The van der Waals surface area contributed by atoms with E-state index in [9.17, 15) is 4.79 Å². The molecule has 73 heavy (non-hydrogen) atoms. The molecule has 2 unspecified atom stereocenters. The highest BCUT2D eigenvalue weighted by Crippen LogP contribution is 2.46. The Hall–Kier alpha value is -5.40. The van der Waals surface area contributed by atoms with Gasteiger partial charge in [-0.2, -0.15) is 9.97 Å². The van der Waals surface area contributed by atoms with Gasteiger partial charge >= 0.3 is 12.1 Å². The molecule has 15 heteroatoms. The highest BCUT2D eigenvalue weighted by Gasteiger charge is 2.54. The summed E-state index contributed by atoms with van der Waals surface area (Å²) in [6, 6.07) is 17.0. The van der Waals surface area contributed by atoms with Gasteiger partial charge in [0.15, 0.2) is 12.6 Å². The van der Waals surface area contributed by atoms with Crippen LogP contribution in [0.15, 0.2) is 60.8 Å². The maximum absolute atomic E-state index is 18.1. The smallest absolute Gasteiger partial charge is 0.411 e. The van der Waals surface area contributed by atoms with E-state index >= 15 is 8.78 Å². The Morgan fingerprint density at radius 2 is 1.62 bits per heavy atom. The van der Waals surface area contributed by atoms with Gasteiger partial charge in [0.25, 0.3) is 0 Å². The fraction of sp³-hybridized carbons (Fsp3) is 0.552. The molecular formula is C58H77F2N7O5Si. The lowest BCUT2D eigenvalue weighted by molar-refractivity contribution is -0.00736. The third-order valence-electron chi connectivity index (χ3n) is 15.6. The molecule has 0 spiro atoms. The number of ether oxygens (including phenoxy) is 4. The average molecular weight is 1020 g/mol. The molecule has 12 nitrogen and oxygen atoms in total. The summed E-state index contributed by atoms with van der Waals surface area (Å²) in [7, 11) is -0.802. The number of piperazine rings is 2. The summed E-state index contributed by atoms with van der Waals surface area (Å²) < 4.78 is 58.4. The number of pyridine rings is 1. The van der Waals surface area contributed by atoms with Gasteiger partial charge in [-0.05, 0) is 85.8 Å². The minimum Gasteiger partial charge on any atom is -0.468 e. The number of aromatic nitrogens is 3. The minimum absolute atomic E-state index is 0.0194. The number of methoxy groups -OCH3 is 1. The molecule has 5 aromatic rings. The van der Waals surface area contributed by atoms with Crippen molar-refractivity contribution in [3.05, 3.63) is 83.6 Å². The van der Waals surface area contributed by atoms with Crippen LogP contribution in [-0.4, -0.2) is 127 Å². The molecule has 2 bridgehead atoms. The zero-order valence-corrected chi connectivity index (χ0v) is 46.3. The number of amides is 1. The van der Waals surface area contributed by atoms with Crippen LogP contribution in [0.25, 0.3) is 32.9 Å². The molecule has 5 heterocycles. The highest BCUT2D eigenvalue weighted by atomic mass is 28.3. The van der Waals surface area contributed by atoms with Crippen LogP contribution in [0.3, 0.4) is 0 Å². The number of carbonyl (C=O) groups is 1. The van der Waals surface area contributed by atoms with Gasteiger partial charge in [0.05, 0.1) is 29.1 Å². The van der Waals surface area contributed by atoms with Gasteiger partial charge in [0.1, 0.15) is 42.3 Å². The molecule has 0 saturated carbocycles. The Labute approximate surface area is 433 Å². The van der Waals surface area contributed by atoms with E-state index in [0.717, 1.165) is 52.1 Å². The van der Waals surface area contributed by atoms with Crippen molar-refractivity contribution in [2.24, 2.45) is 5.92 Å². The van der Waals surface area contributed by atoms with Crippen LogP contribution in [-0.2, 0) is 16.0 Å². The Morgan fingerprint density at radius 1 is 0.918 bits per heavy atom. The van der Waals surface area contributed by atoms with Gasteiger partial charge in [0, 0.05) is 82.5 Å². The third-order valence-corrected chi connectivity index (χ3v) is 21.9. The first-order valence-corrected chi connectivity index (χ1v) is 28.7. The highest BCUT2D eigenvalue weighted by molar-refractivity contribution is 6.90. The fourth-order valence-electron chi connectivity index (χ4n) is 12.1. The van der Waals surface area contributed by atoms with E-state index in [1.165, 1.54) is 18.7 Å². The summed E-state index contributed by atoms with van der Waals surface area (Å²) in [5.74, 6) is 3.14. The molecular weight excluding hydrogens is 941 g/mol. The van der Waals surface area contributed by atoms with Crippen molar-refractivity contribution in [2.45, 2.75) is 136 Å². The summed E-state index contributed by atoms with van der Waals surface area (Å²) in [6.45, 7) is 30.0. The van der Waals surface area contributed by atoms with Crippen LogP contribution in [0, 0.1) is 29.0 Å². The second-order valence-corrected chi connectivity index (χ2v) is 28.3. The van der Waals surface area contributed by atoms with Gasteiger partial charge in [-0.25, -0.2) is 13.6 Å². The second-order valence-electron chi connectivity index (χ2n) is 22.7. The van der Waals surface area contributed by atoms with Crippen molar-refractivity contribution >= 4 is 41.7 Å². The summed E-state index contributed by atoms with van der Waals surface area (Å²) in [5.41, 5.74) is 5.23. The molecule has 3 aliphatic rings. The van der Waals surface area contributed by atoms with Crippen molar-refractivity contribution in [3.63, 3.8) is 0 Å². The van der Waals surface area contributed by atoms with E-state index in [0.29, 0.717) is 76.0 Å². The number of hydrogen-bond acceptors (Lipinski definition) is 11. The molecule has 1 amide bonds. The Balaban J connectivity index is 1.20. The first-order valence-electron chi connectivity index (χ1n) is 26.4. The van der Waals surface area contributed by atoms with Crippen LogP contribution < -0.4 is 14.4 Å². The molecule has 392 valence electrons. The number of carbonyl (C=O) groups excluding carboxylic acids is 1. The lowest BCUT2D eigenvalue weighted by Gasteiger charge is -2.49. The van der Waals surface area contributed by atoms with Gasteiger partial charge in [-0.3, -0.25) is 14.8 Å². The van der Waals surface area contributed by atoms with E-state index < -0.39 is 30.8 Å². The van der Waals surface area contributed by atoms with Crippen LogP contribution in [0.5, 0.6) is 11.8 Å². The molecule has 0 radical (unpaired) electrons. The largest absolute Gasteiger partial charge is 0.468 e. The van der Waals surface area contributed by atoms with Crippen molar-refractivity contribution in [1.29, 1.82) is 0 Å². The molecule has 3 fully saturated rings. The molecule has 2 aromatic heterocycles. The molecule has 3 aromatic carbocycles. The van der Waals surface area contributed by atoms with E-state index in [4.69, 9.17) is 33.9 Å². The van der Waals surface area contributed by atoms with E-state index in [-0.39, 0.29) is 47.6 Å². The number of halogens is 2. The lowest BCUT2D eigenvalue weighted by Crippen LogP contribution is -2.64. The van der Waals surface area contributed by atoms with E-state index in [2.05, 4.69) is 112 Å². The first kappa shape index (κ1) is 53.9. The quantitative estimate of drug-likeness (QED) is 0.0536. The number of anilines is 1. The number of benzene rings is 3. The monoisotopic (exact) mass is 1020 g/mol. The Bertz CT molecular complexity index is 2800. The van der Waals surface area contributed by atoms with Crippen LogP contribution >= 0.6 is 0 Å². The third kappa shape index (κ3) is 11.3. The fourth-order valence-corrected chi connectivity index (χ4v) is 17.3. The number of rotatable bonds is 16. The SMILES string of the molecule is CCC12CCC(CN(c3nc(OC[C@H](C)CN4CCN(Cc5ccccc5)CC4)nc4c(F)c(-c5cc(OCOC)cc6ccc(F)c(C#C[Si](C(C)C)(C(C)C)C(C)C)c56)ncc34)C1)N2C(=O)OC(C)(C)C. The Kier molecular flexibility index (Phi) is 16.4. The average Bonchev–Trinajstić information content (AvgIpc) is 3.59. The van der Waals surface area contributed by atoms with Crippen molar-refractivity contribution in [3.8, 4) is 34.5 Å². The number of nitrogens with zero attached hydrogens (tertiary/aromatic N) is 7. The molecule has 3 atom stereocenters. The first-order chi connectivity index (χ1) is 34.8. The molecule has 0 aliphatic carbocycles. The molecule has 8 rings (SSSR count). The number of fused-ring (bicyclic) bond motifs is 4. The van der Waals surface area contributed by atoms with Crippen LogP contribution in [0.4, 0.5) is 19.4 Å². The number of hydrogen-bond donors (Lipinski definition) is 0. The predicted molar refractivity (Wildman–Crippen MR) is 290 cm³/mol. The van der Waals surface area contributed by atoms with Gasteiger partial charge in [-0.1, -0.05) is 97.7 Å². The predicted octanol–water partition coefficient (Wildman–Crippen LogP) is 11.9. The molecule has 3 saturated heterocycles.